The Hall–Kier alpha value is -3.35. The topological polar surface area (TPSA) is 118 Å². The Morgan fingerprint density at radius 1 is 1.30 bits per heavy atom. The van der Waals surface area contributed by atoms with Gasteiger partial charge in [-0.25, -0.2) is 4.98 Å². The second-order valence-electron chi connectivity index (χ2n) is 4.95. The molecule has 0 fully saturated rings. The zero-order valence-electron chi connectivity index (χ0n) is 12.1. The monoisotopic (exact) mass is 310 g/mol. The van der Waals surface area contributed by atoms with Crippen LogP contribution >= 0.6 is 0 Å². The number of nitrogens with two attached hydrogens (primary N) is 1. The molecular weight excluding hydrogens is 296 g/mol. The number of furan rings is 1. The molecule has 2 heterocycles. The summed E-state index contributed by atoms with van der Waals surface area (Å²) < 4.78 is 5.14. The summed E-state index contributed by atoms with van der Waals surface area (Å²) in [5.41, 5.74) is 8.43. The van der Waals surface area contributed by atoms with Crippen molar-refractivity contribution in [2.75, 3.05) is 5.73 Å². The average molecular weight is 310 g/mol. The first-order valence-electron chi connectivity index (χ1n) is 6.84. The molecule has 0 aliphatic carbocycles. The van der Waals surface area contributed by atoms with E-state index in [0.717, 1.165) is 17.2 Å². The molecule has 3 rings (SSSR count). The maximum Gasteiger partial charge on any atom is 0.215 e. The highest BCUT2D eigenvalue weighted by Crippen LogP contribution is 2.19. The third kappa shape index (κ3) is 3.29. The van der Waals surface area contributed by atoms with E-state index in [-0.39, 0.29) is 17.4 Å². The van der Waals surface area contributed by atoms with Gasteiger partial charge in [0.2, 0.25) is 5.82 Å². The Bertz CT molecular complexity index is 833. The first-order chi connectivity index (χ1) is 11.1. The Balaban J connectivity index is 1.81. The van der Waals surface area contributed by atoms with Crippen LogP contribution < -0.4 is 5.73 Å². The Morgan fingerprint density at radius 2 is 2.09 bits per heavy atom. The van der Waals surface area contributed by atoms with Gasteiger partial charge in [-0.15, -0.1) is 0 Å². The predicted octanol–water partition coefficient (Wildman–Crippen LogP) is 2.35. The van der Waals surface area contributed by atoms with E-state index in [4.69, 9.17) is 10.2 Å². The van der Waals surface area contributed by atoms with Gasteiger partial charge in [-0.05, 0) is 17.7 Å². The second kappa shape index (κ2) is 6.18. The SMILES string of the molecule is Nc1ccc(Cc2cocc2C(=O)C=C(O)c2nc[nH]n2)cc1. The average Bonchev–Trinajstić information content (AvgIpc) is 3.20. The molecule has 7 nitrogen and oxygen atoms in total. The fourth-order valence-electron chi connectivity index (χ4n) is 2.13. The second-order valence-corrected chi connectivity index (χ2v) is 4.95. The van der Waals surface area contributed by atoms with E-state index in [1.165, 1.54) is 18.9 Å². The number of carbonyl (C=O) groups excluding carboxylic acids is 1. The summed E-state index contributed by atoms with van der Waals surface area (Å²) in [5, 5.41) is 16.0. The first-order valence-corrected chi connectivity index (χ1v) is 6.84. The number of aromatic amines is 1. The zero-order valence-corrected chi connectivity index (χ0v) is 12.1. The van der Waals surface area contributed by atoms with Gasteiger partial charge in [0, 0.05) is 23.7 Å². The molecule has 3 aromatic rings. The summed E-state index contributed by atoms with van der Waals surface area (Å²) in [6, 6.07) is 7.37. The maximum atomic E-state index is 12.3. The standard InChI is InChI=1S/C16H14N4O3/c17-12-3-1-10(2-4-12)5-11-7-23-8-13(11)14(21)6-15(22)16-18-9-19-20-16/h1-4,6-9,22H,5,17H2,(H,18,19,20). The van der Waals surface area contributed by atoms with E-state index in [0.29, 0.717) is 17.7 Å². The first kappa shape index (κ1) is 14.6. The summed E-state index contributed by atoms with van der Waals surface area (Å²) in [6.07, 6.45) is 5.78. The highest BCUT2D eigenvalue weighted by Gasteiger charge is 2.15. The van der Waals surface area contributed by atoms with Crippen LogP contribution in [0, 0.1) is 0 Å². The van der Waals surface area contributed by atoms with Crippen LogP contribution in [0.3, 0.4) is 0 Å². The minimum Gasteiger partial charge on any atom is -0.504 e. The van der Waals surface area contributed by atoms with Crippen LogP contribution in [-0.4, -0.2) is 26.1 Å². The largest absolute Gasteiger partial charge is 0.504 e. The number of H-pyrrole nitrogens is 1. The third-order valence-corrected chi connectivity index (χ3v) is 3.29. The number of benzene rings is 1. The lowest BCUT2D eigenvalue weighted by molar-refractivity contribution is 0.104. The molecule has 0 radical (unpaired) electrons. The quantitative estimate of drug-likeness (QED) is 0.288. The van der Waals surface area contributed by atoms with Gasteiger partial charge in [0.1, 0.15) is 12.6 Å². The van der Waals surface area contributed by atoms with E-state index >= 15 is 0 Å². The summed E-state index contributed by atoms with van der Waals surface area (Å²) in [4.78, 5) is 16.1. The van der Waals surface area contributed by atoms with Crippen molar-refractivity contribution in [1.29, 1.82) is 0 Å². The molecule has 0 atom stereocenters. The number of aliphatic hydroxyl groups excluding tert-OH is 1. The third-order valence-electron chi connectivity index (χ3n) is 3.29. The highest BCUT2D eigenvalue weighted by atomic mass is 16.3. The van der Waals surface area contributed by atoms with Gasteiger partial charge in [-0.1, -0.05) is 12.1 Å². The molecular formula is C16H14N4O3. The van der Waals surface area contributed by atoms with Crippen molar-refractivity contribution in [2.24, 2.45) is 0 Å². The van der Waals surface area contributed by atoms with Crippen molar-refractivity contribution in [1.82, 2.24) is 15.2 Å². The number of hydrogen-bond donors (Lipinski definition) is 3. The van der Waals surface area contributed by atoms with Crippen molar-refractivity contribution in [3.05, 3.63) is 71.7 Å². The van der Waals surface area contributed by atoms with Gasteiger partial charge < -0.3 is 15.3 Å². The zero-order chi connectivity index (χ0) is 16.2. The number of nitrogen functional groups attached to an aromatic ring is 1. The fourth-order valence-corrected chi connectivity index (χ4v) is 2.13. The molecule has 7 heteroatoms. The van der Waals surface area contributed by atoms with Gasteiger partial charge in [0.05, 0.1) is 11.8 Å². The number of aromatic nitrogens is 3. The van der Waals surface area contributed by atoms with Gasteiger partial charge in [-0.3, -0.25) is 9.89 Å². The fraction of sp³-hybridized carbons (Fsp3) is 0.0625. The number of aliphatic hydroxyl groups is 1. The van der Waals surface area contributed by atoms with Crippen molar-refractivity contribution in [3.8, 4) is 0 Å². The van der Waals surface area contributed by atoms with Crippen LogP contribution in [0.1, 0.15) is 27.3 Å². The van der Waals surface area contributed by atoms with Crippen LogP contribution in [0.2, 0.25) is 0 Å². The van der Waals surface area contributed by atoms with Crippen molar-refractivity contribution in [3.63, 3.8) is 0 Å². The molecule has 0 amide bonds. The Labute approximate surface area is 131 Å². The number of nitrogens with one attached hydrogen (secondary N) is 1. The predicted molar refractivity (Wildman–Crippen MR) is 83.7 cm³/mol. The number of ketones is 1. The van der Waals surface area contributed by atoms with Crippen molar-refractivity contribution in [2.45, 2.75) is 6.42 Å². The van der Waals surface area contributed by atoms with Crippen molar-refractivity contribution < 1.29 is 14.3 Å². The number of hydrogen-bond acceptors (Lipinski definition) is 6. The lowest BCUT2D eigenvalue weighted by atomic mass is 10.0. The highest BCUT2D eigenvalue weighted by molar-refractivity contribution is 6.08. The van der Waals surface area contributed by atoms with Gasteiger partial charge >= 0.3 is 0 Å². The summed E-state index contributed by atoms with van der Waals surface area (Å²) in [5.74, 6) is -0.635. The molecule has 116 valence electrons. The summed E-state index contributed by atoms with van der Waals surface area (Å²) in [7, 11) is 0. The van der Waals surface area contributed by atoms with Crippen LogP contribution in [-0.2, 0) is 6.42 Å². The van der Waals surface area contributed by atoms with E-state index in [1.807, 2.05) is 12.1 Å². The number of nitrogens with zero attached hydrogens (tertiary/aromatic N) is 2. The summed E-state index contributed by atoms with van der Waals surface area (Å²) in [6.45, 7) is 0. The lowest BCUT2D eigenvalue weighted by Gasteiger charge is -2.02. The lowest BCUT2D eigenvalue weighted by Crippen LogP contribution is -2.00. The van der Waals surface area contributed by atoms with Crippen LogP contribution in [0.5, 0.6) is 0 Å². The molecule has 2 aromatic heterocycles. The molecule has 0 unspecified atom stereocenters. The number of rotatable bonds is 5. The Morgan fingerprint density at radius 3 is 2.78 bits per heavy atom. The van der Waals surface area contributed by atoms with E-state index in [2.05, 4.69) is 15.2 Å². The van der Waals surface area contributed by atoms with Crippen LogP contribution in [0.15, 0.2) is 53.6 Å². The number of allylic oxidation sites excluding steroid dienone is 1. The van der Waals surface area contributed by atoms with Crippen LogP contribution in [0.4, 0.5) is 5.69 Å². The molecule has 0 saturated heterocycles. The minimum atomic E-state index is -0.383. The molecule has 0 aliphatic rings. The molecule has 1 aromatic carbocycles. The van der Waals surface area contributed by atoms with Gasteiger partial charge in [0.25, 0.3) is 0 Å². The van der Waals surface area contributed by atoms with Gasteiger partial charge in [-0.2, -0.15) is 5.10 Å². The molecule has 0 saturated carbocycles. The van der Waals surface area contributed by atoms with E-state index < -0.39 is 0 Å². The smallest absolute Gasteiger partial charge is 0.215 e. The molecule has 4 N–H and O–H groups in total. The van der Waals surface area contributed by atoms with Gasteiger partial charge in [0.15, 0.2) is 11.5 Å². The molecule has 0 spiro atoms. The Kier molecular flexibility index (Phi) is 3.92. The molecule has 0 aliphatic heterocycles. The van der Waals surface area contributed by atoms with E-state index in [9.17, 15) is 9.90 Å². The molecule has 0 bridgehead atoms. The van der Waals surface area contributed by atoms with Crippen molar-refractivity contribution >= 4 is 17.2 Å². The van der Waals surface area contributed by atoms with E-state index in [1.54, 1.807) is 12.1 Å². The summed E-state index contributed by atoms with van der Waals surface area (Å²) >= 11 is 0. The molecule has 23 heavy (non-hydrogen) atoms. The number of carbonyl (C=O) groups is 1. The minimum absolute atomic E-state index is 0.0573. The number of anilines is 1. The normalized spacial score (nSPS) is 11.6. The maximum absolute atomic E-state index is 12.3. The van der Waals surface area contributed by atoms with Crippen LogP contribution in [0.25, 0.3) is 5.76 Å².